The Balaban J connectivity index is 3.84. The third-order valence-electron chi connectivity index (χ3n) is 1.41. The summed E-state index contributed by atoms with van der Waals surface area (Å²) in [5, 5.41) is 8.36. The zero-order valence-electron chi connectivity index (χ0n) is 7.62. The van der Waals surface area contributed by atoms with E-state index in [1.54, 1.807) is 6.08 Å². The number of carboxylic acid groups (broad SMARTS) is 1. The molecular formula is C9H16O3. The molecule has 0 rings (SSSR count). The van der Waals surface area contributed by atoms with E-state index in [2.05, 4.69) is 0 Å². The molecule has 12 heavy (non-hydrogen) atoms. The van der Waals surface area contributed by atoms with Gasteiger partial charge in [-0.2, -0.15) is 0 Å². The first kappa shape index (κ1) is 11.2. The van der Waals surface area contributed by atoms with Gasteiger partial charge in [0.15, 0.2) is 0 Å². The van der Waals surface area contributed by atoms with E-state index >= 15 is 0 Å². The Labute approximate surface area is 73.0 Å². The van der Waals surface area contributed by atoms with E-state index in [1.165, 1.54) is 0 Å². The molecule has 0 aliphatic carbocycles. The molecule has 0 aliphatic rings. The van der Waals surface area contributed by atoms with Crippen LogP contribution < -0.4 is 0 Å². The third kappa shape index (κ3) is 5.92. The molecule has 0 amide bonds. The van der Waals surface area contributed by atoms with Gasteiger partial charge in [0.25, 0.3) is 0 Å². The van der Waals surface area contributed by atoms with Gasteiger partial charge in [-0.05, 0) is 19.4 Å². The van der Waals surface area contributed by atoms with Crippen molar-refractivity contribution in [3.05, 3.63) is 12.2 Å². The normalized spacial score (nSPS) is 13.5. The molecule has 0 spiro atoms. The monoisotopic (exact) mass is 172 g/mol. The van der Waals surface area contributed by atoms with Crippen molar-refractivity contribution >= 4 is 5.97 Å². The predicted molar refractivity (Wildman–Crippen MR) is 47.1 cm³/mol. The average Bonchev–Trinajstić information content (AvgIpc) is 2.01. The van der Waals surface area contributed by atoms with Crippen molar-refractivity contribution in [3.8, 4) is 0 Å². The molecule has 1 N–H and O–H groups in total. The summed E-state index contributed by atoms with van der Waals surface area (Å²) in [5.41, 5.74) is 0. The minimum absolute atomic E-state index is 0.0453. The summed E-state index contributed by atoms with van der Waals surface area (Å²) in [4.78, 5) is 10.2. The Bertz CT molecular complexity index is 146. The van der Waals surface area contributed by atoms with Crippen molar-refractivity contribution in [2.45, 2.75) is 32.8 Å². The van der Waals surface area contributed by atoms with Crippen LogP contribution in [-0.4, -0.2) is 23.8 Å². The van der Waals surface area contributed by atoms with Crippen LogP contribution in [0.25, 0.3) is 0 Å². The van der Waals surface area contributed by atoms with E-state index in [0.717, 1.165) is 18.9 Å². The molecule has 0 fully saturated rings. The lowest BCUT2D eigenvalue weighted by molar-refractivity contribution is -0.131. The van der Waals surface area contributed by atoms with E-state index in [1.807, 2.05) is 13.8 Å². The molecule has 0 saturated heterocycles. The van der Waals surface area contributed by atoms with Crippen molar-refractivity contribution in [1.29, 1.82) is 0 Å². The number of hydrogen-bond acceptors (Lipinski definition) is 2. The lowest BCUT2D eigenvalue weighted by atomic mass is 10.2. The molecule has 0 bridgehead atoms. The number of ether oxygens (including phenoxy) is 1. The van der Waals surface area contributed by atoms with Crippen LogP contribution in [-0.2, 0) is 9.53 Å². The van der Waals surface area contributed by atoms with Gasteiger partial charge in [0, 0.05) is 12.7 Å². The largest absolute Gasteiger partial charge is 0.478 e. The highest BCUT2D eigenvalue weighted by atomic mass is 16.5. The van der Waals surface area contributed by atoms with Crippen LogP contribution in [0, 0.1) is 0 Å². The molecule has 0 radical (unpaired) electrons. The van der Waals surface area contributed by atoms with Gasteiger partial charge in [-0.15, -0.1) is 0 Å². The SMILES string of the molecule is CCCC(C=CC(=O)O)OCC. The van der Waals surface area contributed by atoms with Gasteiger partial charge in [0.1, 0.15) is 0 Å². The van der Waals surface area contributed by atoms with Gasteiger partial charge < -0.3 is 9.84 Å². The lowest BCUT2D eigenvalue weighted by Crippen LogP contribution is -2.09. The van der Waals surface area contributed by atoms with Crippen molar-refractivity contribution in [2.24, 2.45) is 0 Å². The van der Waals surface area contributed by atoms with Crippen LogP contribution in [0.3, 0.4) is 0 Å². The number of carbonyl (C=O) groups is 1. The van der Waals surface area contributed by atoms with E-state index < -0.39 is 5.97 Å². The van der Waals surface area contributed by atoms with E-state index in [9.17, 15) is 4.79 Å². The average molecular weight is 172 g/mol. The second kappa shape index (κ2) is 6.85. The Morgan fingerprint density at radius 3 is 2.67 bits per heavy atom. The zero-order valence-corrected chi connectivity index (χ0v) is 7.62. The van der Waals surface area contributed by atoms with Crippen LogP contribution in [0.4, 0.5) is 0 Å². The van der Waals surface area contributed by atoms with Crippen molar-refractivity contribution < 1.29 is 14.6 Å². The van der Waals surface area contributed by atoms with Crippen LogP contribution in [0.5, 0.6) is 0 Å². The number of rotatable bonds is 6. The summed E-state index contributed by atoms with van der Waals surface area (Å²) in [7, 11) is 0. The Kier molecular flexibility index (Phi) is 6.38. The van der Waals surface area contributed by atoms with Gasteiger partial charge in [-0.25, -0.2) is 4.79 Å². The molecule has 1 atom stereocenters. The molecule has 1 unspecified atom stereocenters. The zero-order chi connectivity index (χ0) is 9.40. The Morgan fingerprint density at radius 2 is 2.25 bits per heavy atom. The smallest absolute Gasteiger partial charge is 0.328 e. The van der Waals surface area contributed by atoms with E-state index in [0.29, 0.717) is 6.61 Å². The molecule has 3 heteroatoms. The van der Waals surface area contributed by atoms with Crippen LogP contribution in [0.1, 0.15) is 26.7 Å². The minimum atomic E-state index is -0.921. The highest BCUT2D eigenvalue weighted by molar-refractivity contribution is 5.79. The third-order valence-corrected chi connectivity index (χ3v) is 1.41. The maximum Gasteiger partial charge on any atom is 0.328 e. The first-order chi connectivity index (χ1) is 5.70. The summed E-state index contributed by atoms with van der Waals surface area (Å²) in [6.45, 7) is 4.56. The van der Waals surface area contributed by atoms with E-state index in [4.69, 9.17) is 9.84 Å². The van der Waals surface area contributed by atoms with Crippen molar-refractivity contribution in [2.75, 3.05) is 6.61 Å². The summed E-state index contributed by atoms with van der Waals surface area (Å²) in [5.74, 6) is -0.921. The fourth-order valence-electron chi connectivity index (χ4n) is 0.923. The summed E-state index contributed by atoms with van der Waals surface area (Å²) >= 11 is 0. The quantitative estimate of drug-likeness (QED) is 0.622. The van der Waals surface area contributed by atoms with Crippen LogP contribution >= 0.6 is 0 Å². The molecule has 0 aromatic carbocycles. The molecule has 0 aliphatic heterocycles. The van der Waals surface area contributed by atoms with Gasteiger partial charge >= 0.3 is 5.97 Å². The molecule has 3 nitrogen and oxygen atoms in total. The second-order valence-electron chi connectivity index (χ2n) is 2.48. The first-order valence-electron chi connectivity index (χ1n) is 4.23. The second-order valence-corrected chi connectivity index (χ2v) is 2.48. The maximum absolute atomic E-state index is 10.2. The van der Waals surface area contributed by atoms with Crippen molar-refractivity contribution in [3.63, 3.8) is 0 Å². The Hall–Kier alpha value is -0.830. The highest BCUT2D eigenvalue weighted by Crippen LogP contribution is 2.03. The van der Waals surface area contributed by atoms with Crippen LogP contribution in [0.2, 0.25) is 0 Å². The molecule has 0 aromatic heterocycles. The standard InChI is InChI=1S/C9H16O3/c1-3-5-8(12-4-2)6-7-9(10)11/h6-8H,3-5H2,1-2H3,(H,10,11). The fraction of sp³-hybridized carbons (Fsp3) is 0.667. The number of carboxylic acids is 1. The summed E-state index contributed by atoms with van der Waals surface area (Å²) in [6.07, 6.45) is 4.55. The summed E-state index contributed by atoms with van der Waals surface area (Å²) < 4.78 is 5.28. The predicted octanol–water partition coefficient (Wildman–Crippen LogP) is 1.83. The molecule has 0 heterocycles. The van der Waals surface area contributed by atoms with Crippen molar-refractivity contribution in [1.82, 2.24) is 0 Å². The minimum Gasteiger partial charge on any atom is -0.478 e. The van der Waals surface area contributed by atoms with Gasteiger partial charge in [0.05, 0.1) is 6.10 Å². The first-order valence-corrected chi connectivity index (χ1v) is 4.23. The molecular weight excluding hydrogens is 156 g/mol. The highest BCUT2D eigenvalue weighted by Gasteiger charge is 2.02. The molecule has 0 saturated carbocycles. The van der Waals surface area contributed by atoms with Gasteiger partial charge in [0.2, 0.25) is 0 Å². The summed E-state index contributed by atoms with van der Waals surface area (Å²) in [6, 6.07) is 0. The van der Waals surface area contributed by atoms with Crippen LogP contribution in [0.15, 0.2) is 12.2 Å². The van der Waals surface area contributed by atoms with Gasteiger partial charge in [-0.1, -0.05) is 13.3 Å². The fourth-order valence-corrected chi connectivity index (χ4v) is 0.923. The molecule has 70 valence electrons. The maximum atomic E-state index is 10.2. The topological polar surface area (TPSA) is 46.5 Å². The molecule has 0 aromatic rings. The van der Waals surface area contributed by atoms with Gasteiger partial charge in [-0.3, -0.25) is 0 Å². The number of hydrogen-bond donors (Lipinski definition) is 1. The number of aliphatic carboxylic acids is 1. The van der Waals surface area contributed by atoms with E-state index in [-0.39, 0.29) is 6.10 Å². The lowest BCUT2D eigenvalue weighted by Gasteiger charge is -2.10. The Morgan fingerprint density at radius 1 is 1.58 bits per heavy atom.